The summed E-state index contributed by atoms with van der Waals surface area (Å²) >= 11 is 0. The van der Waals surface area contributed by atoms with Crippen LogP contribution in [0.15, 0.2) is 30.3 Å². The number of hydrogen-bond acceptors (Lipinski definition) is 1. The number of carboxylic acids is 1. The van der Waals surface area contributed by atoms with E-state index in [0.29, 0.717) is 5.92 Å². The summed E-state index contributed by atoms with van der Waals surface area (Å²) in [6.45, 7) is 2.27. The predicted octanol–water partition coefficient (Wildman–Crippen LogP) is 4.86. The van der Waals surface area contributed by atoms with Crippen LogP contribution in [0.3, 0.4) is 0 Å². The second kappa shape index (κ2) is 7.28. The molecule has 2 rings (SSSR count). The Morgan fingerprint density at radius 1 is 1.20 bits per heavy atom. The van der Waals surface area contributed by atoms with Gasteiger partial charge >= 0.3 is 5.97 Å². The molecule has 0 unspecified atom stereocenters. The zero-order valence-electron chi connectivity index (χ0n) is 12.2. The minimum atomic E-state index is -0.900. The molecule has 108 valence electrons. The zero-order valence-corrected chi connectivity index (χ0v) is 12.2. The minimum Gasteiger partial charge on any atom is -0.478 e. The lowest BCUT2D eigenvalue weighted by atomic mass is 9.77. The molecule has 0 saturated heterocycles. The van der Waals surface area contributed by atoms with Gasteiger partial charge in [0.2, 0.25) is 0 Å². The van der Waals surface area contributed by atoms with E-state index < -0.39 is 5.97 Å². The highest BCUT2D eigenvalue weighted by molar-refractivity contribution is 5.85. The molecule has 0 atom stereocenters. The van der Waals surface area contributed by atoms with Crippen LogP contribution in [-0.2, 0) is 4.79 Å². The second-order valence-corrected chi connectivity index (χ2v) is 5.84. The van der Waals surface area contributed by atoms with E-state index in [1.165, 1.54) is 50.2 Å². The molecule has 1 aliphatic rings. The Hall–Kier alpha value is -1.57. The Labute approximate surface area is 121 Å². The molecule has 0 bridgehead atoms. The highest BCUT2D eigenvalue weighted by atomic mass is 16.4. The van der Waals surface area contributed by atoms with E-state index in [1.807, 2.05) is 12.1 Å². The summed E-state index contributed by atoms with van der Waals surface area (Å²) in [6.07, 6.45) is 10.8. The molecule has 0 aromatic heterocycles. The quantitative estimate of drug-likeness (QED) is 0.777. The van der Waals surface area contributed by atoms with Gasteiger partial charge in [-0.1, -0.05) is 44.0 Å². The Bertz CT molecular complexity index is 451. The third kappa shape index (κ3) is 4.22. The number of carboxylic acid groups (broad SMARTS) is 1. The van der Waals surface area contributed by atoms with E-state index in [2.05, 4.69) is 19.1 Å². The first-order valence-electron chi connectivity index (χ1n) is 7.70. The van der Waals surface area contributed by atoms with Gasteiger partial charge in [0.05, 0.1) is 0 Å². The van der Waals surface area contributed by atoms with E-state index >= 15 is 0 Å². The largest absolute Gasteiger partial charge is 0.478 e. The van der Waals surface area contributed by atoms with Crippen molar-refractivity contribution in [3.63, 3.8) is 0 Å². The van der Waals surface area contributed by atoms with Crippen LogP contribution in [0.2, 0.25) is 0 Å². The molecule has 1 aromatic rings. The molecule has 1 fully saturated rings. The molecular weight excluding hydrogens is 248 g/mol. The first-order chi connectivity index (χ1) is 9.69. The van der Waals surface area contributed by atoms with Crippen LogP contribution in [0.1, 0.15) is 62.5 Å². The van der Waals surface area contributed by atoms with Gasteiger partial charge < -0.3 is 5.11 Å². The number of aliphatic carboxylic acids is 1. The SMILES string of the molecule is CCC[C@H]1CC[C@H](c2ccc(/C=C/C(=O)O)cc2)CC1. The van der Waals surface area contributed by atoms with Crippen molar-refractivity contribution in [2.75, 3.05) is 0 Å². The molecule has 0 amide bonds. The van der Waals surface area contributed by atoms with E-state index in [0.717, 1.165) is 11.5 Å². The summed E-state index contributed by atoms with van der Waals surface area (Å²) in [7, 11) is 0. The molecule has 20 heavy (non-hydrogen) atoms. The maximum absolute atomic E-state index is 10.5. The monoisotopic (exact) mass is 272 g/mol. The summed E-state index contributed by atoms with van der Waals surface area (Å²) < 4.78 is 0. The summed E-state index contributed by atoms with van der Waals surface area (Å²) in [4.78, 5) is 10.5. The van der Waals surface area contributed by atoms with E-state index in [9.17, 15) is 4.79 Å². The Kier molecular flexibility index (Phi) is 5.40. The summed E-state index contributed by atoms with van der Waals surface area (Å²) in [6, 6.07) is 8.36. The first-order valence-corrected chi connectivity index (χ1v) is 7.70. The van der Waals surface area contributed by atoms with Crippen LogP contribution in [0.4, 0.5) is 0 Å². The Balaban J connectivity index is 1.92. The summed E-state index contributed by atoms with van der Waals surface area (Å²) in [5.74, 6) is 0.734. The van der Waals surface area contributed by atoms with Crippen molar-refractivity contribution in [3.8, 4) is 0 Å². The lowest BCUT2D eigenvalue weighted by molar-refractivity contribution is -0.131. The number of hydrogen-bond donors (Lipinski definition) is 1. The van der Waals surface area contributed by atoms with Gasteiger partial charge in [-0.15, -0.1) is 0 Å². The molecule has 2 heteroatoms. The molecule has 1 saturated carbocycles. The van der Waals surface area contributed by atoms with Crippen molar-refractivity contribution >= 4 is 12.0 Å². The average Bonchev–Trinajstić information content (AvgIpc) is 2.47. The van der Waals surface area contributed by atoms with Crippen LogP contribution in [0.25, 0.3) is 6.08 Å². The molecule has 0 radical (unpaired) electrons. The second-order valence-electron chi connectivity index (χ2n) is 5.84. The van der Waals surface area contributed by atoms with Crippen molar-refractivity contribution < 1.29 is 9.90 Å². The third-order valence-electron chi connectivity index (χ3n) is 4.37. The number of rotatable bonds is 5. The molecule has 1 N–H and O–H groups in total. The molecular formula is C18H24O2. The highest BCUT2D eigenvalue weighted by Gasteiger charge is 2.21. The van der Waals surface area contributed by atoms with Crippen molar-refractivity contribution in [3.05, 3.63) is 41.5 Å². The Morgan fingerprint density at radius 3 is 2.40 bits per heavy atom. The van der Waals surface area contributed by atoms with Gasteiger partial charge in [0.25, 0.3) is 0 Å². The maximum atomic E-state index is 10.5. The third-order valence-corrected chi connectivity index (χ3v) is 4.37. The van der Waals surface area contributed by atoms with Crippen molar-refractivity contribution in [1.29, 1.82) is 0 Å². The number of benzene rings is 1. The normalized spacial score (nSPS) is 23.1. The zero-order chi connectivity index (χ0) is 14.4. The van der Waals surface area contributed by atoms with Gasteiger partial charge in [-0.3, -0.25) is 0 Å². The predicted molar refractivity (Wildman–Crippen MR) is 82.7 cm³/mol. The van der Waals surface area contributed by atoms with Crippen LogP contribution < -0.4 is 0 Å². The van der Waals surface area contributed by atoms with Crippen molar-refractivity contribution in [1.82, 2.24) is 0 Å². The fourth-order valence-corrected chi connectivity index (χ4v) is 3.24. The summed E-state index contributed by atoms with van der Waals surface area (Å²) in [5.41, 5.74) is 2.36. The topological polar surface area (TPSA) is 37.3 Å². The highest BCUT2D eigenvalue weighted by Crippen LogP contribution is 2.37. The standard InChI is InChI=1S/C18H24O2/c1-2-3-14-4-9-16(10-5-14)17-11-6-15(7-12-17)8-13-18(19)20/h6-8,11-14,16H,2-5,9-10H2,1H3,(H,19,20)/b13-8+/t14-,16-. The molecule has 1 aliphatic carbocycles. The molecule has 0 spiro atoms. The van der Waals surface area contributed by atoms with Gasteiger partial charge in [-0.25, -0.2) is 4.79 Å². The maximum Gasteiger partial charge on any atom is 0.328 e. The smallest absolute Gasteiger partial charge is 0.328 e. The van der Waals surface area contributed by atoms with Gasteiger partial charge in [0, 0.05) is 6.08 Å². The Morgan fingerprint density at radius 2 is 1.85 bits per heavy atom. The molecule has 0 aliphatic heterocycles. The van der Waals surface area contributed by atoms with Crippen LogP contribution in [-0.4, -0.2) is 11.1 Å². The lowest BCUT2D eigenvalue weighted by Crippen LogP contribution is -2.13. The van der Waals surface area contributed by atoms with E-state index in [1.54, 1.807) is 6.08 Å². The van der Waals surface area contributed by atoms with Crippen LogP contribution in [0, 0.1) is 5.92 Å². The summed E-state index contributed by atoms with van der Waals surface area (Å²) in [5, 5.41) is 8.61. The van der Waals surface area contributed by atoms with Gasteiger partial charge in [0.15, 0.2) is 0 Å². The van der Waals surface area contributed by atoms with Crippen LogP contribution >= 0.6 is 0 Å². The van der Waals surface area contributed by atoms with Gasteiger partial charge in [0.1, 0.15) is 0 Å². The molecule has 2 nitrogen and oxygen atoms in total. The van der Waals surface area contributed by atoms with Gasteiger partial charge in [-0.05, 0) is 54.7 Å². The van der Waals surface area contributed by atoms with Gasteiger partial charge in [-0.2, -0.15) is 0 Å². The lowest BCUT2D eigenvalue weighted by Gasteiger charge is -2.28. The fourth-order valence-electron chi connectivity index (χ4n) is 3.24. The molecule has 0 heterocycles. The molecule has 1 aromatic carbocycles. The minimum absolute atomic E-state index is 0.695. The van der Waals surface area contributed by atoms with Crippen molar-refractivity contribution in [2.45, 2.75) is 51.4 Å². The van der Waals surface area contributed by atoms with E-state index in [4.69, 9.17) is 5.11 Å². The number of carbonyl (C=O) groups is 1. The van der Waals surface area contributed by atoms with Crippen molar-refractivity contribution in [2.24, 2.45) is 5.92 Å². The fraction of sp³-hybridized carbons (Fsp3) is 0.500. The van der Waals surface area contributed by atoms with E-state index in [-0.39, 0.29) is 0 Å². The van der Waals surface area contributed by atoms with Crippen LogP contribution in [0.5, 0.6) is 0 Å². The average molecular weight is 272 g/mol. The first kappa shape index (κ1) is 14.8.